The highest BCUT2D eigenvalue weighted by molar-refractivity contribution is 7.98. The van der Waals surface area contributed by atoms with Gasteiger partial charge in [-0.15, -0.1) is 10.2 Å². The Kier molecular flexibility index (Phi) is 5.35. The molecule has 3 aromatic rings. The van der Waals surface area contributed by atoms with Crippen LogP contribution in [0.2, 0.25) is 0 Å². The van der Waals surface area contributed by atoms with Crippen molar-refractivity contribution in [1.29, 1.82) is 0 Å². The number of aromatic nitrogens is 3. The van der Waals surface area contributed by atoms with E-state index in [2.05, 4.69) is 15.3 Å². The van der Waals surface area contributed by atoms with Crippen molar-refractivity contribution in [1.82, 2.24) is 14.9 Å². The van der Waals surface area contributed by atoms with E-state index in [4.69, 9.17) is 4.74 Å². The first-order chi connectivity index (χ1) is 12.2. The smallest absolute Gasteiger partial charge is 0.211 e. The molecule has 2 aromatic carbocycles. The Labute approximate surface area is 150 Å². The first-order valence-electron chi connectivity index (χ1n) is 7.65. The average molecular weight is 354 g/mol. The van der Waals surface area contributed by atoms with Crippen molar-refractivity contribution in [2.45, 2.75) is 11.6 Å². The molecule has 25 heavy (non-hydrogen) atoms. The number of phenolic OH excluding ortho intramolecular Hbond substituents is 1. The van der Waals surface area contributed by atoms with E-state index in [0.29, 0.717) is 17.3 Å². The van der Waals surface area contributed by atoms with Gasteiger partial charge in [-0.1, -0.05) is 42.1 Å². The van der Waals surface area contributed by atoms with Gasteiger partial charge in [0.2, 0.25) is 5.16 Å². The maximum atomic E-state index is 9.88. The summed E-state index contributed by atoms with van der Waals surface area (Å²) in [7, 11) is 1.51. The average Bonchev–Trinajstić information content (AvgIpc) is 3.02. The zero-order valence-electron chi connectivity index (χ0n) is 14.0. The molecule has 1 aromatic heterocycles. The zero-order chi connectivity index (χ0) is 17.6. The molecule has 0 spiro atoms. The number of hydrogen-bond acceptors (Lipinski definition) is 6. The highest BCUT2D eigenvalue weighted by Gasteiger charge is 2.11. The predicted octanol–water partition coefficient (Wildman–Crippen LogP) is 3.19. The number of hydrogen-bond donors (Lipinski definition) is 1. The number of methoxy groups -OCH3 is 1. The van der Waals surface area contributed by atoms with Gasteiger partial charge in [-0.05, 0) is 35.6 Å². The fraction of sp³-hybridized carbons (Fsp3) is 0.167. The fourth-order valence-corrected chi connectivity index (χ4v) is 2.79. The molecule has 0 atom stereocenters. The van der Waals surface area contributed by atoms with Gasteiger partial charge in [-0.3, -0.25) is 0 Å². The Bertz CT molecular complexity index is 878. The van der Waals surface area contributed by atoms with E-state index < -0.39 is 0 Å². The first kappa shape index (κ1) is 17.0. The third kappa shape index (κ3) is 4.00. The van der Waals surface area contributed by atoms with Crippen LogP contribution < -0.4 is 4.74 Å². The second kappa shape index (κ2) is 7.85. The van der Waals surface area contributed by atoms with E-state index in [1.807, 2.05) is 42.7 Å². The lowest BCUT2D eigenvalue weighted by Gasteiger charge is -2.05. The van der Waals surface area contributed by atoms with E-state index in [9.17, 15) is 5.11 Å². The monoisotopic (exact) mass is 354 g/mol. The minimum absolute atomic E-state index is 0.0739. The van der Waals surface area contributed by atoms with Gasteiger partial charge in [0.1, 0.15) is 0 Å². The molecule has 7 heteroatoms. The van der Waals surface area contributed by atoms with Crippen LogP contribution in [0.4, 0.5) is 0 Å². The lowest BCUT2D eigenvalue weighted by Crippen LogP contribution is -2.01. The molecular weight excluding hydrogens is 336 g/mol. The molecule has 0 fully saturated rings. The number of rotatable bonds is 6. The van der Waals surface area contributed by atoms with Crippen molar-refractivity contribution < 1.29 is 9.84 Å². The molecule has 0 aliphatic heterocycles. The minimum atomic E-state index is 0.0739. The lowest BCUT2D eigenvalue weighted by molar-refractivity contribution is 0.373. The van der Waals surface area contributed by atoms with Gasteiger partial charge in [0.15, 0.2) is 17.3 Å². The van der Waals surface area contributed by atoms with Crippen LogP contribution in [0.1, 0.15) is 17.0 Å². The van der Waals surface area contributed by atoms with Crippen LogP contribution in [0.25, 0.3) is 0 Å². The molecule has 0 saturated carbocycles. The van der Waals surface area contributed by atoms with E-state index in [0.717, 1.165) is 17.0 Å². The number of nitrogens with zero attached hydrogens (tertiary/aromatic N) is 4. The van der Waals surface area contributed by atoms with Gasteiger partial charge in [0.25, 0.3) is 0 Å². The number of ether oxygens (including phenoxy) is 1. The molecule has 0 unspecified atom stereocenters. The second-order valence-corrected chi connectivity index (χ2v) is 6.03. The Hall–Kier alpha value is -2.80. The minimum Gasteiger partial charge on any atom is -0.504 e. The van der Waals surface area contributed by atoms with Crippen LogP contribution in [0, 0.1) is 0 Å². The van der Waals surface area contributed by atoms with Crippen LogP contribution in [0.3, 0.4) is 0 Å². The highest BCUT2D eigenvalue weighted by Crippen LogP contribution is 2.25. The summed E-state index contributed by atoms with van der Waals surface area (Å²) in [6.07, 6.45) is 4.23. The van der Waals surface area contributed by atoms with Gasteiger partial charge in [-0.2, -0.15) is 9.78 Å². The van der Waals surface area contributed by atoms with Crippen molar-refractivity contribution in [3.63, 3.8) is 0 Å². The summed E-state index contributed by atoms with van der Waals surface area (Å²) in [4.78, 5) is 0. The SMILES string of the molecule is COc1ccc(/C=N\n2c(Cc3ccccc3)nnc2SC)cc1O. The Morgan fingerprint density at radius 1 is 1.20 bits per heavy atom. The molecule has 1 N–H and O–H groups in total. The number of benzene rings is 2. The van der Waals surface area contributed by atoms with E-state index in [1.165, 1.54) is 18.9 Å². The first-order valence-corrected chi connectivity index (χ1v) is 8.87. The normalized spacial score (nSPS) is 11.1. The van der Waals surface area contributed by atoms with Gasteiger partial charge >= 0.3 is 0 Å². The van der Waals surface area contributed by atoms with Gasteiger partial charge in [0, 0.05) is 6.42 Å². The molecule has 128 valence electrons. The third-order valence-corrected chi connectivity index (χ3v) is 4.21. The number of thioether (sulfide) groups is 1. The summed E-state index contributed by atoms with van der Waals surface area (Å²) in [5, 5.41) is 23.5. The predicted molar refractivity (Wildman–Crippen MR) is 98.7 cm³/mol. The summed E-state index contributed by atoms with van der Waals surface area (Å²) in [5.74, 6) is 1.25. The summed E-state index contributed by atoms with van der Waals surface area (Å²) in [6, 6.07) is 15.2. The third-order valence-electron chi connectivity index (χ3n) is 3.59. The maximum Gasteiger partial charge on any atom is 0.211 e. The fourth-order valence-electron chi connectivity index (χ4n) is 2.34. The van der Waals surface area contributed by atoms with E-state index in [1.54, 1.807) is 23.0 Å². The van der Waals surface area contributed by atoms with Crippen molar-refractivity contribution in [2.75, 3.05) is 13.4 Å². The molecule has 0 radical (unpaired) electrons. The quantitative estimate of drug-likeness (QED) is 0.544. The van der Waals surface area contributed by atoms with Crippen LogP contribution in [-0.4, -0.2) is 39.6 Å². The van der Waals surface area contributed by atoms with Gasteiger partial charge in [0.05, 0.1) is 13.3 Å². The standard InChI is InChI=1S/C18H18N4O2S/c1-24-16-9-8-14(10-15(16)23)12-19-22-17(20-21-18(22)25-2)11-13-6-4-3-5-7-13/h3-10,12,23H,11H2,1-2H3/b19-12-. The Morgan fingerprint density at radius 3 is 2.68 bits per heavy atom. The van der Waals surface area contributed by atoms with Crippen molar-refractivity contribution in [3.05, 3.63) is 65.5 Å². The molecule has 6 nitrogen and oxygen atoms in total. The molecule has 0 aliphatic carbocycles. The van der Waals surface area contributed by atoms with Crippen LogP contribution in [0.15, 0.2) is 58.8 Å². The van der Waals surface area contributed by atoms with Gasteiger partial charge < -0.3 is 9.84 Å². The maximum absolute atomic E-state index is 9.88. The largest absolute Gasteiger partial charge is 0.504 e. The molecule has 0 amide bonds. The molecule has 0 saturated heterocycles. The molecule has 1 heterocycles. The van der Waals surface area contributed by atoms with Crippen molar-refractivity contribution in [2.24, 2.45) is 5.10 Å². The van der Waals surface area contributed by atoms with Crippen LogP contribution >= 0.6 is 11.8 Å². The molecule has 0 aliphatic rings. The topological polar surface area (TPSA) is 72.5 Å². The zero-order valence-corrected chi connectivity index (χ0v) is 14.8. The number of phenols is 1. The lowest BCUT2D eigenvalue weighted by atomic mass is 10.1. The van der Waals surface area contributed by atoms with Crippen LogP contribution in [-0.2, 0) is 6.42 Å². The molecule has 0 bridgehead atoms. The summed E-state index contributed by atoms with van der Waals surface area (Å²) in [6.45, 7) is 0. The van der Waals surface area contributed by atoms with E-state index in [-0.39, 0.29) is 5.75 Å². The van der Waals surface area contributed by atoms with Crippen molar-refractivity contribution in [3.8, 4) is 11.5 Å². The Balaban J connectivity index is 1.88. The summed E-state index contributed by atoms with van der Waals surface area (Å²) < 4.78 is 6.77. The molecular formula is C18H18N4O2S. The van der Waals surface area contributed by atoms with Crippen LogP contribution in [0.5, 0.6) is 11.5 Å². The number of aromatic hydroxyl groups is 1. The van der Waals surface area contributed by atoms with Gasteiger partial charge in [-0.25, -0.2) is 0 Å². The Morgan fingerprint density at radius 2 is 2.00 bits per heavy atom. The summed E-state index contributed by atoms with van der Waals surface area (Å²) >= 11 is 1.48. The second-order valence-electron chi connectivity index (χ2n) is 5.25. The van der Waals surface area contributed by atoms with E-state index >= 15 is 0 Å². The highest BCUT2D eigenvalue weighted by atomic mass is 32.2. The van der Waals surface area contributed by atoms with Crippen molar-refractivity contribution >= 4 is 18.0 Å². The summed E-state index contributed by atoms with van der Waals surface area (Å²) in [5.41, 5.74) is 1.89. The molecule has 3 rings (SSSR count).